The monoisotopic (exact) mass is 247 g/mol. The van der Waals surface area contributed by atoms with Crippen LogP contribution in [0, 0.1) is 0 Å². The number of hydrogen-bond acceptors (Lipinski definition) is 3. The number of nitrogens with one attached hydrogen (secondary N) is 1. The van der Waals surface area contributed by atoms with Crippen LogP contribution in [0.3, 0.4) is 0 Å². The van der Waals surface area contributed by atoms with Crippen molar-refractivity contribution in [2.75, 3.05) is 6.54 Å². The van der Waals surface area contributed by atoms with Crippen molar-refractivity contribution < 1.29 is 0 Å². The largest absolute Gasteiger partial charge is 0.333 e. The van der Waals surface area contributed by atoms with E-state index in [1.54, 1.807) is 0 Å². The van der Waals surface area contributed by atoms with Crippen molar-refractivity contribution in [1.82, 2.24) is 24.6 Å². The van der Waals surface area contributed by atoms with Crippen molar-refractivity contribution >= 4 is 0 Å². The minimum absolute atomic E-state index is 0.890. The number of aromatic nitrogens is 4. The van der Waals surface area contributed by atoms with Crippen LogP contribution in [-0.4, -0.2) is 25.9 Å². The normalized spacial score (nSPS) is 11.0. The molecule has 5 heteroatoms. The summed E-state index contributed by atoms with van der Waals surface area (Å²) in [6.07, 6.45) is 9.97. The zero-order valence-electron chi connectivity index (χ0n) is 11.1. The van der Waals surface area contributed by atoms with Crippen LogP contribution in [0.1, 0.15) is 24.6 Å². The molecule has 18 heavy (non-hydrogen) atoms. The van der Waals surface area contributed by atoms with Crippen molar-refractivity contribution in [3.05, 3.63) is 36.2 Å². The summed E-state index contributed by atoms with van der Waals surface area (Å²) < 4.78 is 4.04. The molecular weight excluding hydrogens is 226 g/mol. The van der Waals surface area contributed by atoms with E-state index in [4.69, 9.17) is 0 Å². The molecule has 0 amide bonds. The maximum Gasteiger partial charge on any atom is 0.0948 e. The second kappa shape index (κ2) is 6.35. The lowest BCUT2D eigenvalue weighted by atomic mass is 10.2. The molecule has 0 aliphatic rings. The van der Waals surface area contributed by atoms with Gasteiger partial charge in [-0.2, -0.15) is 5.10 Å². The van der Waals surface area contributed by atoms with Gasteiger partial charge < -0.3 is 9.88 Å². The first-order chi connectivity index (χ1) is 8.79. The van der Waals surface area contributed by atoms with Crippen LogP contribution in [0.2, 0.25) is 0 Å². The number of imidazole rings is 1. The molecule has 0 saturated heterocycles. The van der Waals surface area contributed by atoms with E-state index in [1.165, 1.54) is 11.3 Å². The smallest absolute Gasteiger partial charge is 0.0948 e. The first-order valence-corrected chi connectivity index (χ1v) is 6.47. The minimum atomic E-state index is 0.890. The summed E-state index contributed by atoms with van der Waals surface area (Å²) in [6.45, 7) is 5.07. The lowest BCUT2D eigenvalue weighted by Crippen LogP contribution is -2.17. The molecule has 0 saturated carbocycles. The summed E-state index contributed by atoms with van der Waals surface area (Å²) >= 11 is 0. The molecule has 0 radical (unpaired) electrons. The maximum atomic E-state index is 4.22. The van der Waals surface area contributed by atoms with Gasteiger partial charge in [-0.05, 0) is 24.9 Å². The number of hydrogen-bond donors (Lipinski definition) is 1. The van der Waals surface area contributed by atoms with Gasteiger partial charge in [-0.25, -0.2) is 4.98 Å². The van der Waals surface area contributed by atoms with E-state index in [2.05, 4.69) is 33.1 Å². The van der Waals surface area contributed by atoms with E-state index in [9.17, 15) is 0 Å². The van der Waals surface area contributed by atoms with Crippen molar-refractivity contribution in [3.63, 3.8) is 0 Å². The highest BCUT2D eigenvalue weighted by Gasteiger charge is 2.02. The Kier molecular flexibility index (Phi) is 4.52. The molecule has 0 fully saturated rings. The Balaban J connectivity index is 1.87. The minimum Gasteiger partial charge on any atom is -0.333 e. The van der Waals surface area contributed by atoms with Gasteiger partial charge in [0.1, 0.15) is 0 Å². The number of aryl methyl sites for hydroxylation is 3. The van der Waals surface area contributed by atoms with E-state index in [0.29, 0.717) is 0 Å². The third-order valence-electron chi connectivity index (χ3n) is 2.93. The van der Waals surface area contributed by atoms with Crippen LogP contribution in [0.25, 0.3) is 0 Å². The lowest BCUT2D eigenvalue weighted by molar-refractivity contribution is 0.604. The molecule has 2 aromatic rings. The Morgan fingerprint density at radius 2 is 2.22 bits per heavy atom. The summed E-state index contributed by atoms with van der Waals surface area (Å²) in [5.41, 5.74) is 2.51. The molecule has 5 nitrogen and oxygen atoms in total. The maximum absolute atomic E-state index is 4.22. The van der Waals surface area contributed by atoms with Gasteiger partial charge in [0.2, 0.25) is 0 Å². The van der Waals surface area contributed by atoms with Gasteiger partial charge in [-0.3, -0.25) is 4.68 Å². The fourth-order valence-electron chi connectivity index (χ4n) is 1.94. The molecular formula is C13H21N5. The fraction of sp³-hybridized carbons (Fsp3) is 0.538. The molecule has 0 aliphatic carbocycles. The second-order valence-electron chi connectivity index (χ2n) is 4.53. The van der Waals surface area contributed by atoms with Gasteiger partial charge in [-0.1, -0.05) is 6.92 Å². The molecule has 0 atom stereocenters. The average Bonchev–Trinajstić information content (AvgIpc) is 2.96. The van der Waals surface area contributed by atoms with E-state index < -0.39 is 0 Å². The Hall–Kier alpha value is -1.62. The summed E-state index contributed by atoms with van der Waals surface area (Å²) in [5.74, 6) is 0. The van der Waals surface area contributed by atoms with Crippen LogP contribution in [0.4, 0.5) is 0 Å². The van der Waals surface area contributed by atoms with Gasteiger partial charge in [0.15, 0.2) is 0 Å². The first-order valence-electron chi connectivity index (χ1n) is 6.47. The van der Waals surface area contributed by atoms with Gasteiger partial charge in [0.25, 0.3) is 0 Å². The highest BCUT2D eigenvalue weighted by Crippen LogP contribution is 2.04. The molecule has 0 bridgehead atoms. The number of nitrogens with zero attached hydrogens (tertiary/aromatic N) is 4. The Morgan fingerprint density at radius 1 is 1.33 bits per heavy atom. The van der Waals surface area contributed by atoms with E-state index in [0.717, 1.165) is 32.5 Å². The first kappa shape index (κ1) is 12.8. The standard InChI is InChI=1S/C13H21N5/c1-3-5-14-8-13-9-15-11-18(13)6-4-12-7-16-17(2)10-12/h7,9-11,14H,3-6,8H2,1-2H3. The Bertz CT molecular complexity index is 471. The summed E-state index contributed by atoms with van der Waals surface area (Å²) in [5, 5.41) is 7.58. The molecule has 98 valence electrons. The van der Waals surface area contributed by atoms with Gasteiger partial charge in [-0.15, -0.1) is 0 Å². The molecule has 2 rings (SSSR count). The second-order valence-corrected chi connectivity index (χ2v) is 4.53. The highest BCUT2D eigenvalue weighted by molar-refractivity contribution is 5.05. The molecule has 0 aromatic carbocycles. The van der Waals surface area contributed by atoms with Crippen LogP contribution in [-0.2, 0) is 26.6 Å². The van der Waals surface area contributed by atoms with E-state index in [1.807, 2.05) is 30.5 Å². The average molecular weight is 247 g/mol. The molecule has 1 N–H and O–H groups in total. The topological polar surface area (TPSA) is 47.7 Å². The Labute approximate surface area is 108 Å². The van der Waals surface area contributed by atoms with Crippen LogP contribution < -0.4 is 5.32 Å². The highest BCUT2D eigenvalue weighted by atomic mass is 15.2. The van der Waals surface area contributed by atoms with Gasteiger partial charge in [0, 0.05) is 32.5 Å². The summed E-state index contributed by atoms with van der Waals surface area (Å²) in [4.78, 5) is 4.22. The van der Waals surface area contributed by atoms with Crippen molar-refractivity contribution in [2.45, 2.75) is 32.9 Å². The molecule has 0 aliphatic heterocycles. The van der Waals surface area contributed by atoms with Crippen molar-refractivity contribution in [2.24, 2.45) is 7.05 Å². The van der Waals surface area contributed by atoms with E-state index in [-0.39, 0.29) is 0 Å². The van der Waals surface area contributed by atoms with Crippen LogP contribution >= 0.6 is 0 Å². The molecule has 2 heterocycles. The number of rotatable bonds is 7. The van der Waals surface area contributed by atoms with Gasteiger partial charge in [0.05, 0.1) is 18.2 Å². The van der Waals surface area contributed by atoms with Crippen LogP contribution in [0.5, 0.6) is 0 Å². The zero-order chi connectivity index (χ0) is 12.8. The summed E-state index contributed by atoms with van der Waals surface area (Å²) in [7, 11) is 1.95. The quantitative estimate of drug-likeness (QED) is 0.752. The SMILES string of the molecule is CCCNCc1cncn1CCc1cnn(C)c1. The predicted molar refractivity (Wildman–Crippen MR) is 71.1 cm³/mol. The Morgan fingerprint density at radius 3 is 2.94 bits per heavy atom. The third kappa shape index (κ3) is 3.43. The van der Waals surface area contributed by atoms with Crippen LogP contribution in [0.15, 0.2) is 24.9 Å². The van der Waals surface area contributed by atoms with Crippen molar-refractivity contribution in [3.8, 4) is 0 Å². The molecule has 0 spiro atoms. The molecule has 0 unspecified atom stereocenters. The predicted octanol–water partition coefficient (Wildman–Crippen LogP) is 1.36. The lowest BCUT2D eigenvalue weighted by Gasteiger charge is -2.08. The molecule has 2 aromatic heterocycles. The van der Waals surface area contributed by atoms with Gasteiger partial charge >= 0.3 is 0 Å². The van der Waals surface area contributed by atoms with Crippen molar-refractivity contribution in [1.29, 1.82) is 0 Å². The fourth-order valence-corrected chi connectivity index (χ4v) is 1.94. The summed E-state index contributed by atoms with van der Waals surface area (Å²) in [6, 6.07) is 0. The van der Waals surface area contributed by atoms with E-state index >= 15 is 0 Å². The third-order valence-corrected chi connectivity index (χ3v) is 2.93. The zero-order valence-corrected chi connectivity index (χ0v) is 11.1.